The first-order valence-corrected chi connectivity index (χ1v) is 3.23. The minimum absolute atomic E-state index is 0.196. The Hall–Kier alpha value is -1.58. The van der Waals surface area contributed by atoms with Gasteiger partial charge in [0.15, 0.2) is 12.4 Å². The lowest BCUT2D eigenvalue weighted by Gasteiger charge is -1.92. The van der Waals surface area contributed by atoms with E-state index in [2.05, 4.69) is 5.16 Å². The summed E-state index contributed by atoms with van der Waals surface area (Å²) in [6.07, 6.45) is 3.69. The number of rotatable bonds is 2. The lowest BCUT2D eigenvalue weighted by molar-refractivity contribution is -0.682. The molecule has 0 spiro atoms. The number of aromatic nitrogens is 1. The summed E-state index contributed by atoms with van der Waals surface area (Å²) in [5, 5.41) is 11.1. The van der Waals surface area contributed by atoms with Crippen LogP contribution in [0.25, 0.3) is 0 Å². The molecular formula is C7H10N3O+. The molecule has 1 aromatic heterocycles. The van der Waals surface area contributed by atoms with Crippen molar-refractivity contribution in [2.24, 2.45) is 10.9 Å². The fraction of sp³-hybridized carbons (Fsp3) is 0.143. The average molecular weight is 152 g/mol. The van der Waals surface area contributed by atoms with E-state index in [0.717, 1.165) is 0 Å². The van der Waals surface area contributed by atoms with Crippen molar-refractivity contribution in [1.82, 2.24) is 0 Å². The summed E-state index contributed by atoms with van der Waals surface area (Å²) in [7, 11) is 0. The Labute approximate surface area is 64.6 Å². The van der Waals surface area contributed by atoms with Crippen LogP contribution in [0.5, 0.6) is 0 Å². The smallest absolute Gasteiger partial charge is 0.208 e. The lowest BCUT2D eigenvalue weighted by Crippen LogP contribution is -2.39. The third-order valence-electron chi connectivity index (χ3n) is 1.25. The van der Waals surface area contributed by atoms with Gasteiger partial charge in [0.05, 0.1) is 0 Å². The molecular weight excluding hydrogens is 142 g/mol. The van der Waals surface area contributed by atoms with Crippen LogP contribution in [0.15, 0.2) is 35.7 Å². The molecule has 0 unspecified atom stereocenters. The highest BCUT2D eigenvalue weighted by Gasteiger charge is 2.00. The summed E-state index contributed by atoms with van der Waals surface area (Å²) in [5.74, 6) is 0.196. The van der Waals surface area contributed by atoms with Crippen LogP contribution >= 0.6 is 0 Å². The van der Waals surface area contributed by atoms with E-state index in [1.54, 1.807) is 0 Å². The summed E-state index contributed by atoms with van der Waals surface area (Å²) in [6.45, 7) is 0.414. The van der Waals surface area contributed by atoms with E-state index < -0.39 is 0 Å². The summed E-state index contributed by atoms with van der Waals surface area (Å²) in [6, 6.07) is 5.66. The SMILES string of the molecule is N/C(C[n+]1ccccc1)=N\O. The maximum atomic E-state index is 8.25. The van der Waals surface area contributed by atoms with Gasteiger partial charge in [0.25, 0.3) is 0 Å². The van der Waals surface area contributed by atoms with Gasteiger partial charge in [-0.05, 0) is 0 Å². The van der Waals surface area contributed by atoms with Crippen molar-refractivity contribution in [1.29, 1.82) is 0 Å². The molecule has 58 valence electrons. The van der Waals surface area contributed by atoms with Crippen molar-refractivity contribution in [2.45, 2.75) is 6.54 Å². The highest BCUT2D eigenvalue weighted by molar-refractivity contribution is 5.78. The number of nitrogens with zero attached hydrogens (tertiary/aromatic N) is 2. The van der Waals surface area contributed by atoms with Gasteiger partial charge < -0.3 is 10.9 Å². The van der Waals surface area contributed by atoms with Crippen molar-refractivity contribution in [3.05, 3.63) is 30.6 Å². The molecule has 0 aromatic carbocycles. The van der Waals surface area contributed by atoms with Gasteiger partial charge in [-0.1, -0.05) is 11.2 Å². The van der Waals surface area contributed by atoms with Gasteiger partial charge in [-0.3, -0.25) is 0 Å². The second-order valence-corrected chi connectivity index (χ2v) is 2.14. The zero-order valence-corrected chi connectivity index (χ0v) is 6.01. The van der Waals surface area contributed by atoms with E-state index in [1.807, 2.05) is 35.2 Å². The van der Waals surface area contributed by atoms with Crippen LogP contribution in [0.3, 0.4) is 0 Å². The normalized spacial score (nSPS) is 11.5. The monoisotopic (exact) mass is 152 g/mol. The molecule has 1 aromatic rings. The van der Waals surface area contributed by atoms with Crippen LogP contribution in [-0.2, 0) is 6.54 Å². The average Bonchev–Trinajstić information content (AvgIpc) is 2.06. The second kappa shape index (κ2) is 3.55. The number of pyridine rings is 1. The zero-order valence-electron chi connectivity index (χ0n) is 6.01. The van der Waals surface area contributed by atoms with E-state index in [0.29, 0.717) is 6.54 Å². The molecule has 0 atom stereocenters. The second-order valence-electron chi connectivity index (χ2n) is 2.14. The first-order chi connectivity index (χ1) is 5.33. The quantitative estimate of drug-likeness (QED) is 0.201. The third-order valence-corrected chi connectivity index (χ3v) is 1.25. The maximum Gasteiger partial charge on any atom is 0.208 e. The summed E-state index contributed by atoms with van der Waals surface area (Å²) >= 11 is 0. The maximum absolute atomic E-state index is 8.25. The Morgan fingerprint density at radius 1 is 1.36 bits per heavy atom. The Kier molecular flexibility index (Phi) is 2.43. The first kappa shape index (κ1) is 7.53. The van der Waals surface area contributed by atoms with Gasteiger partial charge >= 0.3 is 0 Å². The molecule has 11 heavy (non-hydrogen) atoms. The fourth-order valence-corrected chi connectivity index (χ4v) is 0.758. The number of hydrogen-bond donors (Lipinski definition) is 2. The van der Waals surface area contributed by atoms with E-state index in [9.17, 15) is 0 Å². The topological polar surface area (TPSA) is 62.5 Å². The van der Waals surface area contributed by atoms with Crippen LogP contribution in [0, 0.1) is 0 Å². The number of amidine groups is 1. The predicted octanol–water partition coefficient (Wildman–Crippen LogP) is -0.280. The zero-order chi connectivity index (χ0) is 8.10. The van der Waals surface area contributed by atoms with E-state index in [1.165, 1.54) is 0 Å². The minimum atomic E-state index is 0.196. The molecule has 0 amide bonds. The van der Waals surface area contributed by atoms with Crippen LogP contribution in [-0.4, -0.2) is 11.0 Å². The highest BCUT2D eigenvalue weighted by Crippen LogP contribution is 1.76. The lowest BCUT2D eigenvalue weighted by atomic mass is 10.4. The number of hydrogen-bond acceptors (Lipinski definition) is 2. The van der Waals surface area contributed by atoms with Crippen molar-refractivity contribution >= 4 is 5.84 Å². The highest BCUT2D eigenvalue weighted by atomic mass is 16.4. The predicted molar refractivity (Wildman–Crippen MR) is 40.0 cm³/mol. The number of oxime groups is 1. The standard InChI is InChI=1S/C7H9N3O/c8-7(9-11)6-10-4-2-1-3-5-10/h1-5H,6H2,(H2-,8,9,11)/p+1. The molecule has 0 saturated carbocycles. The van der Waals surface area contributed by atoms with Crippen molar-refractivity contribution < 1.29 is 9.77 Å². The van der Waals surface area contributed by atoms with E-state index in [4.69, 9.17) is 10.9 Å². The molecule has 1 heterocycles. The summed E-state index contributed by atoms with van der Waals surface area (Å²) in [5.41, 5.74) is 5.28. The Bertz CT molecular complexity index is 245. The molecule has 0 aliphatic rings. The molecule has 0 bridgehead atoms. The molecule has 0 radical (unpaired) electrons. The van der Waals surface area contributed by atoms with E-state index >= 15 is 0 Å². The third kappa shape index (κ3) is 2.25. The van der Waals surface area contributed by atoms with Crippen LogP contribution in [0.1, 0.15) is 0 Å². The molecule has 0 aliphatic carbocycles. The molecule has 0 fully saturated rings. The molecule has 0 aliphatic heterocycles. The number of nitrogens with two attached hydrogens (primary N) is 1. The first-order valence-electron chi connectivity index (χ1n) is 3.23. The molecule has 1 rings (SSSR count). The van der Waals surface area contributed by atoms with Crippen molar-refractivity contribution in [3.8, 4) is 0 Å². The largest absolute Gasteiger partial charge is 0.409 e. The van der Waals surface area contributed by atoms with Gasteiger partial charge in [0, 0.05) is 12.1 Å². The van der Waals surface area contributed by atoms with Gasteiger partial charge in [-0.15, -0.1) is 0 Å². The van der Waals surface area contributed by atoms with Gasteiger partial charge in [-0.2, -0.15) is 4.57 Å². The van der Waals surface area contributed by atoms with Crippen LogP contribution < -0.4 is 10.3 Å². The minimum Gasteiger partial charge on any atom is -0.409 e. The molecule has 4 heteroatoms. The van der Waals surface area contributed by atoms with Crippen molar-refractivity contribution in [2.75, 3.05) is 0 Å². The molecule has 4 nitrogen and oxygen atoms in total. The molecule has 0 saturated heterocycles. The fourth-order valence-electron chi connectivity index (χ4n) is 0.758. The van der Waals surface area contributed by atoms with Gasteiger partial charge in [0.2, 0.25) is 12.4 Å². The molecule has 3 N–H and O–H groups in total. The summed E-state index contributed by atoms with van der Waals surface area (Å²) < 4.78 is 1.81. The van der Waals surface area contributed by atoms with Gasteiger partial charge in [-0.25, -0.2) is 0 Å². The van der Waals surface area contributed by atoms with Gasteiger partial charge in [0.1, 0.15) is 0 Å². The summed E-state index contributed by atoms with van der Waals surface area (Å²) in [4.78, 5) is 0. The Morgan fingerprint density at radius 3 is 2.55 bits per heavy atom. The Balaban J connectivity index is 2.65. The van der Waals surface area contributed by atoms with Crippen molar-refractivity contribution in [3.63, 3.8) is 0 Å². The van der Waals surface area contributed by atoms with Crippen LogP contribution in [0.2, 0.25) is 0 Å². The van der Waals surface area contributed by atoms with Crippen LogP contribution in [0.4, 0.5) is 0 Å². The Morgan fingerprint density at radius 2 is 2.00 bits per heavy atom. The van der Waals surface area contributed by atoms with E-state index in [-0.39, 0.29) is 5.84 Å².